The second kappa shape index (κ2) is 7.96. The van der Waals surface area contributed by atoms with E-state index in [0.29, 0.717) is 18.1 Å². The van der Waals surface area contributed by atoms with Gasteiger partial charge in [0.25, 0.3) is 0 Å². The van der Waals surface area contributed by atoms with Gasteiger partial charge < -0.3 is 10.5 Å². The molecule has 21 heavy (non-hydrogen) atoms. The van der Waals surface area contributed by atoms with Gasteiger partial charge in [-0.15, -0.1) is 0 Å². The van der Waals surface area contributed by atoms with Crippen LogP contribution in [0.25, 0.3) is 0 Å². The lowest BCUT2D eigenvalue weighted by molar-refractivity contribution is 0.335. The fourth-order valence-electron chi connectivity index (χ4n) is 2.18. The van der Waals surface area contributed by atoms with Crippen LogP contribution < -0.4 is 10.5 Å². The molecule has 3 nitrogen and oxygen atoms in total. The monoisotopic (exact) mass is 303 g/mol. The van der Waals surface area contributed by atoms with Gasteiger partial charge in [0.15, 0.2) is 0 Å². The highest BCUT2D eigenvalue weighted by Crippen LogP contribution is 2.24. The zero-order chi connectivity index (χ0) is 15.1. The lowest BCUT2D eigenvalue weighted by Crippen LogP contribution is -2.20. The number of nitrogens with two attached hydrogens (primary N) is 1. The summed E-state index contributed by atoms with van der Waals surface area (Å²) in [5, 5.41) is 0. The van der Waals surface area contributed by atoms with Crippen molar-refractivity contribution in [1.29, 1.82) is 0 Å². The Morgan fingerprint density at radius 2 is 1.76 bits per heavy atom. The number of ether oxygens (including phenoxy) is 1. The van der Waals surface area contributed by atoms with Crippen LogP contribution in [0.4, 0.5) is 0 Å². The van der Waals surface area contributed by atoms with Gasteiger partial charge >= 0.3 is 0 Å². The van der Waals surface area contributed by atoms with Gasteiger partial charge in [0.2, 0.25) is 0 Å². The van der Waals surface area contributed by atoms with Crippen LogP contribution in [0.15, 0.2) is 54.6 Å². The van der Waals surface area contributed by atoms with Crippen LogP contribution in [-0.4, -0.2) is 16.6 Å². The predicted octanol–water partition coefficient (Wildman–Crippen LogP) is 3.03. The van der Waals surface area contributed by atoms with Gasteiger partial charge in [-0.05, 0) is 18.6 Å². The zero-order valence-corrected chi connectivity index (χ0v) is 13.0. The summed E-state index contributed by atoms with van der Waals surface area (Å²) >= 11 is 0. The molecule has 0 amide bonds. The molecule has 4 heteroatoms. The molecule has 2 N–H and O–H groups in total. The SMILES string of the molecule is CCOc1ccccc1C(N)CS(=O)Cc1ccccc1. The highest BCUT2D eigenvalue weighted by Gasteiger charge is 2.15. The van der Waals surface area contributed by atoms with E-state index in [1.807, 2.05) is 61.5 Å². The van der Waals surface area contributed by atoms with Crippen LogP contribution in [0, 0.1) is 0 Å². The average Bonchev–Trinajstić information content (AvgIpc) is 2.49. The molecule has 0 saturated heterocycles. The first-order chi connectivity index (χ1) is 10.2. The smallest absolute Gasteiger partial charge is 0.124 e. The Labute approximate surface area is 128 Å². The highest BCUT2D eigenvalue weighted by molar-refractivity contribution is 7.84. The number of hydrogen-bond donors (Lipinski definition) is 1. The summed E-state index contributed by atoms with van der Waals surface area (Å²) in [4.78, 5) is 0. The maximum Gasteiger partial charge on any atom is 0.124 e. The third kappa shape index (κ3) is 4.69. The van der Waals surface area contributed by atoms with Gasteiger partial charge in [0.05, 0.1) is 6.61 Å². The lowest BCUT2D eigenvalue weighted by atomic mass is 10.1. The number of hydrogen-bond acceptors (Lipinski definition) is 3. The van der Waals surface area contributed by atoms with Gasteiger partial charge in [-0.2, -0.15) is 0 Å². The van der Waals surface area contributed by atoms with Crippen molar-refractivity contribution < 1.29 is 8.95 Å². The highest BCUT2D eigenvalue weighted by atomic mass is 32.2. The fourth-order valence-corrected chi connectivity index (χ4v) is 3.45. The molecule has 2 aromatic rings. The molecule has 0 radical (unpaired) electrons. The van der Waals surface area contributed by atoms with E-state index in [9.17, 15) is 4.21 Å². The van der Waals surface area contributed by atoms with Gasteiger partial charge in [0.1, 0.15) is 5.75 Å². The molecule has 2 atom stereocenters. The maximum atomic E-state index is 12.3. The third-order valence-electron chi connectivity index (χ3n) is 3.15. The Morgan fingerprint density at radius 3 is 2.48 bits per heavy atom. The molecular weight excluding hydrogens is 282 g/mol. The van der Waals surface area contributed by atoms with Crippen LogP contribution in [0.5, 0.6) is 5.75 Å². The molecule has 0 saturated carbocycles. The molecule has 2 aromatic carbocycles. The van der Waals surface area contributed by atoms with Crippen molar-refractivity contribution in [3.63, 3.8) is 0 Å². The van der Waals surface area contributed by atoms with E-state index in [0.717, 1.165) is 16.9 Å². The number of rotatable bonds is 7. The molecule has 0 fully saturated rings. The average molecular weight is 303 g/mol. The van der Waals surface area contributed by atoms with E-state index in [4.69, 9.17) is 10.5 Å². The Kier molecular flexibility index (Phi) is 5.96. The topological polar surface area (TPSA) is 52.3 Å². The summed E-state index contributed by atoms with van der Waals surface area (Å²) < 4.78 is 17.8. The van der Waals surface area contributed by atoms with Crippen molar-refractivity contribution in [2.45, 2.75) is 18.7 Å². The molecule has 0 aliphatic carbocycles. The van der Waals surface area contributed by atoms with E-state index in [2.05, 4.69) is 0 Å². The lowest BCUT2D eigenvalue weighted by Gasteiger charge is -2.16. The van der Waals surface area contributed by atoms with Crippen molar-refractivity contribution >= 4 is 10.8 Å². The minimum Gasteiger partial charge on any atom is -0.494 e. The second-order valence-electron chi connectivity index (χ2n) is 4.81. The quantitative estimate of drug-likeness (QED) is 0.855. The standard InChI is InChI=1S/C17H21NO2S/c1-2-20-17-11-7-6-10-15(17)16(18)13-21(19)12-14-8-4-3-5-9-14/h3-11,16H,2,12-13,18H2,1H3. The Bertz CT molecular complexity index is 586. The van der Waals surface area contributed by atoms with Crippen LogP contribution in [0.2, 0.25) is 0 Å². The van der Waals surface area contributed by atoms with Crippen molar-refractivity contribution in [2.75, 3.05) is 12.4 Å². The molecule has 0 aliphatic heterocycles. The van der Waals surface area contributed by atoms with Gasteiger partial charge in [-0.25, -0.2) is 0 Å². The summed E-state index contributed by atoms with van der Waals surface area (Å²) in [6, 6.07) is 17.2. The minimum absolute atomic E-state index is 0.280. The summed E-state index contributed by atoms with van der Waals surface area (Å²) in [6.45, 7) is 2.53. The van der Waals surface area contributed by atoms with Gasteiger partial charge in [0, 0.05) is 33.9 Å². The van der Waals surface area contributed by atoms with E-state index in [1.165, 1.54) is 0 Å². The summed E-state index contributed by atoms with van der Waals surface area (Å²) in [7, 11) is -0.994. The van der Waals surface area contributed by atoms with Crippen LogP contribution in [0.1, 0.15) is 24.1 Å². The molecule has 0 aliphatic rings. The molecule has 0 spiro atoms. The van der Waals surface area contributed by atoms with Crippen LogP contribution in [0.3, 0.4) is 0 Å². The first-order valence-electron chi connectivity index (χ1n) is 7.07. The second-order valence-corrected chi connectivity index (χ2v) is 6.32. The van der Waals surface area contributed by atoms with Gasteiger partial charge in [-0.3, -0.25) is 4.21 Å². The largest absolute Gasteiger partial charge is 0.494 e. The predicted molar refractivity (Wildman–Crippen MR) is 87.7 cm³/mol. The normalized spacial score (nSPS) is 13.6. The first kappa shape index (κ1) is 15.7. The molecule has 2 rings (SSSR count). The summed E-state index contributed by atoms with van der Waals surface area (Å²) in [5.41, 5.74) is 8.20. The summed E-state index contributed by atoms with van der Waals surface area (Å²) in [6.07, 6.45) is 0. The number of para-hydroxylation sites is 1. The van der Waals surface area contributed by atoms with Crippen LogP contribution in [-0.2, 0) is 16.6 Å². The molecular formula is C17H21NO2S. The third-order valence-corrected chi connectivity index (χ3v) is 4.54. The van der Waals surface area contributed by atoms with Crippen molar-refractivity contribution in [1.82, 2.24) is 0 Å². The van der Waals surface area contributed by atoms with Crippen molar-refractivity contribution in [3.8, 4) is 5.75 Å². The Balaban J connectivity index is 2.01. The van der Waals surface area contributed by atoms with E-state index in [1.54, 1.807) is 0 Å². The maximum absolute atomic E-state index is 12.3. The molecule has 0 heterocycles. The number of benzene rings is 2. The first-order valence-corrected chi connectivity index (χ1v) is 8.55. The summed E-state index contributed by atoms with van der Waals surface area (Å²) in [5.74, 6) is 1.74. The van der Waals surface area contributed by atoms with E-state index < -0.39 is 10.8 Å². The van der Waals surface area contributed by atoms with Crippen LogP contribution >= 0.6 is 0 Å². The molecule has 0 aromatic heterocycles. The molecule has 112 valence electrons. The fraction of sp³-hybridized carbons (Fsp3) is 0.294. The molecule has 0 bridgehead atoms. The zero-order valence-electron chi connectivity index (χ0n) is 12.2. The minimum atomic E-state index is -0.994. The Morgan fingerprint density at radius 1 is 1.10 bits per heavy atom. The molecule has 2 unspecified atom stereocenters. The van der Waals surface area contributed by atoms with E-state index >= 15 is 0 Å². The van der Waals surface area contributed by atoms with Gasteiger partial charge in [-0.1, -0.05) is 48.5 Å². The van der Waals surface area contributed by atoms with Crippen molar-refractivity contribution in [2.24, 2.45) is 5.73 Å². The van der Waals surface area contributed by atoms with Crippen molar-refractivity contribution in [3.05, 3.63) is 65.7 Å². The van der Waals surface area contributed by atoms with E-state index in [-0.39, 0.29) is 6.04 Å². The Hall–Kier alpha value is -1.65.